The maximum absolute atomic E-state index is 12.5. The molecular weight excluding hydrogens is 314 g/mol. The molecule has 0 atom stereocenters. The first-order chi connectivity index (χ1) is 11.0. The van der Waals surface area contributed by atoms with Gasteiger partial charge < -0.3 is 14.3 Å². The summed E-state index contributed by atoms with van der Waals surface area (Å²) in [5.41, 5.74) is 2.39. The van der Waals surface area contributed by atoms with Crippen LogP contribution in [-0.4, -0.2) is 36.1 Å². The quantitative estimate of drug-likeness (QED) is 0.859. The number of carbonyl (C=O) groups is 1. The maximum atomic E-state index is 12.5. The molecule has 2 aromatic rings. The van der Waals surface area contributed by atoms with Crippen LogP contribution in [0.5, 0.6) is 0 Å². The molecule has 0 aliphatic carbocycles. The average Bonchev–Trinajstić information content (AvgIpc) is 3.18. The van der Waals surface area contributed by atoms with Gasteiger partial charge in [-0.1, -0.05) is 16.8 Å². The van der Waals surface area contributed by atoms with Crippen molar-refractivity contribution < 1.29 is 9.32 Å². The monoisotopic (exact) mass is 333 g/mol. The molecule has 1 aromatic heterocycles. The van der Waals surface area contributed by atoms with Crippen molar-refractivity contribution in [2.45, 2.75) is 26.3 Å². The zero-order valence-electron chi connectivity index (χ0n) is 13.4. The molecule has 0 radical (unpaired) electrons. The normalized spacial score (nSPS) is 14.3. The van der Waals surface area contributed by atoms with Crippen LogP contribution in [0.2, 0.25) is 5.02 Å². The number of nitrogens with zero attached hydrogens (tertiary/aromatic N) is 3. The summed E-state index contributed by atoms with van der Waals surface area (Å²) in [6.45, 7) is 4.28. The lowest BCUT2D eigenvalue weighted by Gasteiger charge is -2.20. The largest absolute Gasteiger partial charge is 0.370 e. The van der Waals surface area contributed by atoms with E-state index in [4.69, 9.17) is 16.1 Å². The lowest BCUT2D eigenvalue weighted by Crippen LogP contribution is -2.26. The molecule has 23 heavy (non-hydrogen) atoms. The molecule has 0 saturated carbocycles. The second-order valence-electron chi connectivity index (χ2n) is 5.96. The lowest BCUT2D eigenvalue weighted by atomic mass is 10.1. The van der Waals surface area contributed by atoms with Gasteiger partial charge in [-0.05, 0) is 38.0 Å². The number of carbonyl (C=O) groups excluding carboxylic acids is 1. The third-order valence-electron chi connectivity index (χ3n) is 4.06. The Morgan fingerprint density at radius 3 is 2.70 bits per heavy atom. The molecule has 1 fully saturated rings. The zero-order valence-corrected chi connectivity index (χ0v) is 14.1. The summed E-state index contributed by atoms with van der Waals surface area (Å²) >= 11 is 6.38. The van der Waals surface area contributed by atoms with E-state index in [0.717, 1.165) is 24.5 Å². The highest BCUT2D eigenvalue weighted by Gasteiger charge is 2.19. The van der Waals surface area contributed by atoms with E-state index in [-0.39, 0.29) is 5.91 Å². The van der Waals surface area contributed by atoms with Gasteiger partial charge in [-0.3, -0.25) is 4.79 Å². The third kappa shape index (κ3) is 3.50. The van der Waals surface area contributed by atoms with Crippen LogP contribution in [0, 0.1) is 6.92 Å². The molecule has 1 amide bonds. The minimum absolute atomic E-state index is 0.0890. The van der Waals surface area contributed by atoms with Crippen LogP contribution in [0.1, 0.15) is 34.7 Å². The van der Waals surface area contributed by atoms with Crippen LogP contribution in [0.25, 0.3) is 0 Å². The van der Waals surface area contributed by atoms with Crippen molar-refractivity contribution in [3.05, 3.63) is 46.3 Å². The number of halogens is 1. The molecule has 2 heterocycles. The van der Waals surface area contributed by atoms with Gasteiger partial charge in [-0.2, -0.15) is 0 Å². The molecular formula is C17H20ClN3O2. The van der Waals surface area contributed by atoms with Gasteiger partial charge >= 0.3 is 0 Å². The van der Waals surface area contributed by atoms with Crippen molar-refractivity contribution >= 4 is 23.2 Å². The summed E-state index contributed by atoms with van der Waals surface area (Å²) in [5.74, 6) is 0.576. The molecule has 6 heteroatoms. The smallest absolute Gasteiger partial charge is 0.254 e. The summed E-state index contributed by atoms with van der Waals surface area (Å²) in [6, 6.07) is 7.35. The van der Waals surface area contributed by atoms with Crippen molar-refractivity contribution in [2.75, 3.05) is 25.0 Å². The predicted molar refractivity (Wildman–Crippen MR) is 89.9 cm³/mol. The molecule has 1 saturated heterocycles. The Balaban J connectivity index is 1.72. The molecule has 0 N–H and O–H groups in total. The summed E-state index contributed by atoms with van der Waals surface area (Å²) in [5, 5.41) is 4.46. The summed E-state index contributed by atoms with van der Waals surface area (Å²) < 4.78 is 5.15. The standard InChI is InChI=1S/C17H20ClN3O2/c1-12-9-14(23-19-12)11-20(2)17(22)13-5-6-16(15(18)10-13)21-7-3-4-8-21/h5-6,9-10H,3-4,7-8,11H2,1-2H3. The van der Waals surface area contributed by atoms with Gasteiger partial charge in [0.05, 0.1) is 22.9 Å². The van der Waals surface area contributed by atoms with E-state index in [2.05, 4.69) is 10.1 Å². The first-order valence-corrected chi connectivity index (χ1v) is 8.14. The zero-order chi connectivity index (χ0) is 16.4. The predicted octanol–water partition coefficient (Wildman–Crippen LogP) is 3.51. The van der Waals surface area contributed by atoms with Gasteiger partial charge in [0.1, 0.15) is 0 Å². The highest BCUT2D eigenvalue weighted by molar-refractivity contribution is 6.33. The number of hydrogen-bond acceptors (Lipinski definition) is 4. The Labute approximate surface area is 140 Å². The number of amides is 1. The van der Waals surface area contributed by atoms with Crippen LogP contribution >= 0.6 is 11.6 Å². The number of benzene rings is 1. The average molecular weight is 334 g/mol. The Hall–Kier alpha value is -2.01. The van der Waals surface area contributed by atoms with Gasteiger partial charge in [-0.15, -0.1) is 0 Å². The summed E-state index contributed by atoms with van der Waals surface area (Å²) in [4.78, 5) is 16.4. The van der Waals surface area contributed by atoms with Crippen molar-refractivity contribution in [3.8, 4) is 0 Å². The van der Waals surface area contributed by atoms with Crippen LogP contribution in [0.4, 0.5) is 5.69 Å². The molecule has 0 bridgehead atoms. The third-order valence-corrected chi connectivity index (χ3v) is 4.36. The van der Waals surface area contributed by atoms with Crippen LogP contribution in [0.3, 0.4) is 0 Å². The second kappa shape index (κ2) is 6.62. The number of anilines is 1. The number of aromatic nitrogens is 1. The van der Waals surface area contributed by atoms with Crippen molar-refractivity contribution in [1.82, 2.24) is 10.1 Å². The Morgan fingerprint density at radius 1 is 1.35 bits per heavy atom. The molecule has 122 valence electrons. The second-order valence-corrected chi connectivity index (χ2v) is 6.36. The van der Waals surface area contributed by atoms with Crippen molar-refractivity contribution in [3.63, 3.8) is 0 Å². The maximum Gasteiger partial charge on any atom is 0.254 e. The number of aryl methyl sites for hydroxylation is 1. The van der Waals surface area contributed by atoms with E-state index in [0.29, 0.717) is 22.9 Å². The Kier molecular flexibility index (Phi) is 4.57. The first kappa shape index (κ1) is 15.9. The minimum Gasteiger partial charge on any atom is -0.370 e. The van der Waals surface area contributed by atoms with Crippen molar-refractivity contribution in [2.24, 2.45) is 0 Å². The topological polar surface area (TPSA) is 49.6 Å². The van der Waals surface area contributed by atoms with E-state index >= 15 is 0 Å². The fourth-order valence-electron chi connectivity index (χ4n) is 2.87. The van der Waals surface area contributed by atoms with Gasteiger partial charge in [0.15, 0.2) is 5.76 Å². The van der Waals surface area contributed by atoms with E-state index in [1.165, 1.54) is 12.8 Å². The van der Waals surface area contributed by atoms with Crippen molar-refractivity contribution in [1.29, 1.82) is 0 Å². The number of hydrogen-bond donors (Lipinski definition) is 0. The van der Waals surface area contributed by atoms with Crippen LogP contribution < -0.4 is 4.90 Å². The SMILES string of the molecule is Cc1cc(CN(C)C(=O)c2ccc(N3CCCC3)c(Cl)c2)on1. The molecule has 1 aliphatic heterocycles. The minimum atomic E-state index is -0.0890. The van der Waals surface area contributed by atoms with Crippen LogP contribution in [0.15, 0.2) is 28.8 Å². The molecule has 0 unspecified atom stereocenters. The van der Waals surface area contributed by atoms with E-state index in [1.54, 1.807) is 18.0 Å². The Morgan fingerprint density at radius 2 is 2.09 bits per heavy atom. The molecule has 1 aromatic carbocycles. The molecule has 0 spiro atoms. The van der Waals surface area contributed by atoms with E-state index in [1.807, 2.05) is 25.1 Å². The highest BCUT2D eigenvalue weighted by atomic mass is 35.5. The van der Waals surface area contributed by atoms with Gasteiger partial charge in [0.25, 0.3) is 5.91 Å². The van der Waals surface area contributed by atoms with Gasteiger partial charge in [0.2, 0.25) is 0 Å². The Bertz CT molecular complexity index is 708. The molecule has 1 aliphatic rings. The first-order valence-electron chi connectivity index (χ1n) is 7.77. The fourth-order valence-corrected chi connectivity index (χ4v) is 3.17. The highest BCUT2D eigenvalue weighted by Crippen LogP contribution is 2.30. The van der Waals surface area contributed by atoms with Gasteiger partial charge in [0, 0.05) is 31.8 Å². The van der Waals surface area contributed by atoms with Gasteiger partial charge in [-0.25, -0.2) is 0 Å². The lowest BCUT2D eigenvalue weighted by molar-refractivity contribution is 0.0772. The van der Waals surface area contributed by atoms with Crippen LogP contribution in [-0.2, 0) is 6.54 Å². The molecule has 5 nitrogen and oxygen atoms in total. The summed E-state index contributed by atoms with van der Waals surface area (Å²) in [7, 11) is 1.74. The van der Waals surface area contributed by atoms with E-state index in [9.17, 15) is 4.79 Å². The number of rotatable bonds is 4. The molecule has 3 rings (SSSR count). The summed E-state index contributed by atoms with van der Waals surface area (Å²) in [6.07, 6.45) is 2.38. The fraction of sp³-hybridized carbons (Fsp3) is 0.412. The van der Waals surface area contributed by atoms with E-state index < -0.39 is 0 Å².